The SMILES string of the molecule is Cc1ccc(-n2cc(C(F)(F)F)nn2)c(-c2cc(=O)n([C@H]3CCC[C@@H](C)C(O)Nc4cnn(C)c4-c4ccnc3c4)cn2)c1. The van der Waals surface area contributed by atoms with Gasteiger partial charge in [0.25, 0.3) is 5.56 Å². The Balaban J connectivity index is 1.42. The molecule has 3 atom stereocenters. The van der Waals surface area contributed by atoms with E-state index in [2.05, 4.69) is 30.7 Å². The summed E-state index contributed by atoms with van der Waals surface area (Å²) in [5.74, 6) is -0.0824. The largest absolute Gasteiger partial charge is 0.436 e. The highest BCUT2D eigenvalue weighted by atomic mass is 19.4. The second kappa shape index (κ2) is 11.3. The fourth-order valence-electron chi connectivity index (χ4n) is 5.54. The molecule has 4 aromatic heterocycles. The van der Waals surface area contributed by atoms with E-state index in [1.165, 1.54) is 17.0 Å². The lowest BCUT2D eigenvalue weighted by Gasteiger charge is -2.25. The Morgan fingerprint density at radius 3 is 2.66 bits per heavy atom. The number of aromatic nitrogens is 8. The maximum Gasteiger partial charge on any atom is 0.436 e. The first kappa shape index (κ1) is 29.2. The fraction of sp³-hybridized carbons (Fsp3) is 0.333. The van der Waals surface area contributed by atoms with Crippen LogP contribution in [0.15, 0.2) is 66.1 Å². The van der Waals surface area contributed by atoms with E-state index < -0.39 is 24.1 Å². The number of aliphatic hydroxyl groups is 1. The first-order chi connectivity index (χ1) is 21.0. The van der Waals surface area contributed by atoms with Gasteiger partial charge in [0, 0.05) is 36.4 Å². The average molecular weight is 606 g/mol. The summed E-state index contributed by atoms with van der Waals surface area (Å²) in [7, 11) is 1.82. The molecule has 0 amide bonds. The molecule has 1 aliphatic heterocycles. The molecule has 0 aliphatic carbocycles. The number of aryl methyl sites for hydroxylation is 2. The van der Waals surface area contributed by atoms with Gasteiger partial charge >= 0.3 is 6.18 Å². The summed E-state index contributed by atoms with van der Waals surface area (Å²) in [6, 6.07) is 9.76. The van der Waals surface area contributed by atoms with Crippen molar-refractivity contribution in [3.05, 3.63) is 88.6 Å². The fourth-order valence-corrected chi connectivity index (χ4v) is 5.54. The standard InChI is InChI=1S/C30H30F3N9O2/c1-17-7-8-24(42-15-26(38-39-42)30(31,32)33)20(11-17)21-13-27(43)41(16-35-21)25-6-4-5-18(2)29(44)37-23-14-36-40(3)28(23)19-9-10-34-22(25)12-19/h7-16,18,25,29,37,44H,4-6H2,1-3H3/t18-,25+,29?/m1/s1. The van der Waals surface area contributed by atoms with E-state index in [1.807, 2.05) is 33.0 Å². The van der Waals surface area contributed by atoms with Crippen molar-refractivity contribution in [1.82, 2.24) is 39.3 Å². The molecular formula is C30H30F3N9O2. The number of anilines is 1. The van der Waals surface area contributed by atoms with Gasteiger partial charge in [-0.05, 0) is 44.0 Å². The highest BCUT2D eigenvalue weighted by molar-refractivity contribution is 5.74. The molecule has 0 saturated carbocycles. The van der Waals surface area contributed by atoms with Crippen LogP contribution in [0.4, 0.5) is 18.9 Å². The van der Waals surface area contributed by atoms with Crippen LogP contribution in [-0.4, -0.2) is 50.6 Å². The van der Waals surface area contributed by atoms with E-state index in [9.17, 15) is 23.1 Å². The van der Waals surface area contributed by atoms with Crippen LogP contribution in [0, 0.1) is 12.8 Å². The predicted molar refractivity (Wildman–Crippen MR) is 156 cm³/mol. The monoisotopic (exact) mass is 605 g/mol. The number of halogens is 3. The van der Waals surface area contributed by atoms with E-state index in [1.54, 1.807) is 35.3 Å². The third kappa shape index (κ3) is 5.60. The van der Waals surface area contributed by atoms with Crippen molar-refractivity contribution in [2.45, 2.75) is 51.6 Å². The Morgan fingerprint density at radius 2 is 1.91 bits per heavy atom. The van der Waals surface area contributed by atoms with Crippen molar-refractivity contribution in [1.29, 1.82) is 0 Å². The summed E-state index contributed by atoms with van der Waals surface area (Å²) >= 11 is 0. The lowest BCUT2D eigenvalue weighted by atomic mass is 9.96. The number of fused-ring (bicyclic) bond motifs is 4. The minimum absolute atomic E-state index is 0.0824. The van der Waals surface area contributed by atoms with Gasteiger partial charge < -0.3 is 10.4 Å². The molecule has 44 heavy (non-hydrogen) atoms. The Morgan fingerprint density at radius 1 is 1.09 bits per heavy atom. The molecule has 5 aromatic rings. The van der Waals surface area contributed by atoms with Gasteiger partial charge in [0.15, 0.2) is 5.69 Å². The van der Waals surface area contributed by atoms with Crippen molar-refractivity contribution >= 4 is 5.69 Å². The van der Waals surface area contributed by atoms with Crippen LogP contribution in [0.5, 0.6) is 0 Å². The van der Waals surface area contributed by atoms with Gasteiger partial charge in [-0.1, -0.05) is 30.2 Å². The van der Waals surface area contributed by atoms with Gasteiger partial charge in [-0.3, -0.25) is 19.0 Å². The van der Waals surface area contributed by atoms with Crippen LogP contribution in [0.3, 0.4) is 0 Å². The molecule has 5 heterocycles. The van der Waals surface area contributed by atoms with Gasteiger partial charge in [0.1, 0.15) is 6.23 Å². The van der Waals surface area contributed by atoms with Crippen LogP contribution in [0.2, 0.25) is 0 Å². The molecule has 0 saturated heterocycles. The Hall–Kier alpha value is -4.85. The maximum absolute atomic E-state index is 13.7. The smallest absolute Gasteiger partial charge is 0.374 e. The number of aliphatic hydroxyl groups excluding tert-OH is 1. The Bertz CT molecular complexity index is 1880. The van der Waals surface area contributed by atoms with Crippen molar-refractivity contribution in [2.75, 3.05) is 5.32 Å². The number of pyridine rings is 1. The molecule has 2 N–H and O–H groups in total. The molecule has 2 bridgehead atoms. The molecule has 1 aromatic carbocycles. The molecule has 1 aliphatic rings. The first-order valence-electron chi connectivity index (χ1n) is 14.1. The number of alkyl halides is 3. The molecule has 1 unspecified atom stereocenters. The third-order valence-corrected chi connectivity index (χ3v) is 7.94. The molecule has 14 heteroatoms. The Kier molecular flexibility index (Phi) is 7.53. The first-order valence-corrected chi connectivity index (χ1v) is 14.1. The van der Waals surface area contributed by atoms with Crippen molar-refractivity contribution < 1.29 is 18.3 Å². The summed E-state index contributed by atoms with van der Waals surface area (Å²) in [5.41, 5.74) is 3.31. The third-order valence-electron chi connectivity index (χ3n) is 7.94. The van der Waals surface area contributed by atoms with Crippen LogP contribution >= 0.6 is 0 Å². The maximum atomic E-state index is 13.7. The lowest BCUT2D eigenvalue weighted by molar-refractivity contribution is -0.141. The normalized spacial score (nSPS) is 19.0. The second-order valence-corrected chi connectivity index (χ2v) is 11.1. The number of benzene rings is 1. The van der Waals surface area contributed by atoms with E-state index >= 15 is 0 Å². The number of nitrogens with zero attached hydrogens (tertiary/aromatic N) is 8. The zero-order chi connectivity index (χ0) is 31.2. The molecule has 0 spiro atoms. The summed E-state index contributed by atoms with van der Waals surface area (Å²) in [6.07, 6.45) is 2.11. The number of hydrogen-bond acceptors (Lipinski definition) is 8. The van der Waals surface area contributed by atoms with Crippen molar-refractivity contribution in [3.63, 3.8) is 0 Å². The number of hydrogen-bond donors (Lipinski definition) is 2. The molecule has 6 rings (SSSR count). The van der Waals surface area contributed by atoms with Gasteiger partial charge in [-0.25, -0.2) is 9.67 Å². The van der Waals surface area contributed by atoms with Gasteiger partial charge in [-0.2, -0.15) is 18.3 Å². The number of rotatable bonds is 3. The van der Waals surface area contributed by atoms with Crippen LogP contribution in [-0.2, 0) is 13.2 Å². The summed E-state index contributed by atoms with van der Waals surface area (Å²) in [4.78, 5) is 22.9. The zero-order valence-electron chi connectivity index (χ0n) is 24.2. The van der Waals surface area contributed by atoms with Gasteiger partial charge in [0.2, 0.25) is 0 Å². The molecule has 11 nitrogen and oxygen atoms in total. The van der Waals surface area contributed by atoms with E-state index in [4.69, 9.17) is 0 Å². The van der Waals surface area contributed by atoms with Crippen LogP contribution in [0.1, 0.15) is 49.2 Å². The van der Waals surface area contributed by atoms with Gasteiger partial charge in [-0.15, -0.1) is 5.10 Å². The summed E-state index contributed by atoms with van der Waals surface area (Å²) in [5, 5.41) is 25.3. The minimum Gasteiger partial charge on any atom is -0.374 e. The Labute approximate surface area is 250 Å². The predicted octanol–water partition coefficient (Wildman–Crippen LogP) is 4.75. The molecule has 0 fully saturated rings. The number of nitrogens with one attached hydrogen (secondary N) is 1. The topological polar surface area (TPSA) is 129 Å². The quantitative estimate of drug-likeness (QED) is 0.302. The van der Waals surface area contributed by atoms with E-state index in [-0.39, 0.29) is 17.2 Å². The van der Waals surface area contributed by atoms with Crippen molar-refractivity contribution in [3.8, 4) is 28.2 Å². The minimum atomic E-state index is -4.65. The zero-order valence-corrected chi connectivity index (χ0v) is 24.2. The van der Waals surface area contributed by atoms with Gasteiger partial charge in [0.05, 0.1) is 53.2 Å². The second-order valence-electron chi connectivity index (χ2n) is 11.1. The molecule has 0 radical (unpaired) electrons. The molecule has 228 valence electrons. The highest BCUT2D eigenvalue weighted by Gasteiger charge is 2.35. The summed E-state index contributed by atoms with van der Waals surface area (Å²) in [6.45, 7) is 3.79. The molecular weight excluding hydrogens is 575 g/mol. The highest BCUT2D eigenvalue weighted by Crippen LogP contribution is 2.34. The van der Waals surface area contributed by atoms with Crippen LogP contribution < -0.4 is 10.9 Å². The van der Waals surface area contributed by atoms with E-state index in [0.29, 0.717) is 41.9 Å². The van der Waals surface area contributed by atoms with Crippen molar-refractivity contribution in [2.24, 2.45) is 13.0 Å². The summed E-state index contributed by atoms with van der Waals surface area (Å²) < 4.78 is 43.9. The lowest BCUT2D eigenvalue weighted by Crippen LogP contribution is -2.29. The van der Waals surface area contributed by atoms with Crippen LogP contribution in [0.25, 0.3) is 28.2 Å². The van der Waals surface area contributed by atoms with E-state index in [0.717, 1.165) is 27.7 Å². The average Bonchev–Trinajstić information content (AvgIpc) is 3.62.